The van der Waals surface area contributed by atoms with Crippen LogP contribution in [0.5, 0.6) is 5.88 Å². The number of pyridine rings is 1. The van der Waals surface area contributed by atoms with Gasteiger partial charge in [-0.25, -0.2) is 9.78 Å². The number of hydrogen-bond acceptors (Lipinski definition) is 6. The van der Waals surface area contributed by atoms with E-state index in [0.29, 0.717) is 25.5 Å². The molecule has 1 rings (SSSR count). The Morgan fingerprint density at radius 3 is 2.78 bits per heavy atom. The molecule has 0 atom stereocenters. The first kappa shape index (κ1) is 14.2. The summed E-state index contributed by atoms with van der Waals surface area (Å²) in [5.74, 6) is -0.305. The standard InChI is InChI=1S/C12H18N2O4/c1-3-6-17-7-8-18-11-9(13)4-5-10(14-11)12(15)16-2/h4-5H,3,6-8,13H2,1-2H3. The van der Waals surface area contributed by atoms with Crippen LogP contribution in [-0.2, 0) is 9.47 Å². The topological polar surface area (TPSA) is 83.7 Å². The van der Waals surface area contributed by atoms with Crippen molar-refractivity contribution in [3.05, 3.63) is 17.8 Å². The quantitative estimate of drug-likeness (QED) is 0.582. The number of hydrogen-bond donors (Lipinski definition) is 1. The van der Waals surface area contributed by atoms with Gasteiger partial charge in [0.2, 0.25) is 5.88 Å². The van der Waals surface area contributed by atoms with Crippen molar-refractivity contribution in [1.82, 2.24) is 4.98 Å². The maximum Gasteiger partial charge on any atom is 0.356 e. The number of anilines is 1. The Balaban J connectivity index is 2.56. The molecule has 0 saturated carbocycles. The van der Waals surface area contributed by atoms with Crippen molar-refractivity contribution >= 4 is 11.7 Å². The maximum atomic E-state index is 11.3. The molecule has 0 aliphatic rings. The van der Waals surface area contributed by atoms with Gasteiger partial charge in [0, 0.05) is 6.61 Å². The van der Waals surface area contributed by atoms with Crippen LogP contribution in [0.1, 0.15) is 23.8 Å². The van der Waals surface area contributed by atoms with Crippen LogP contribution >= 0.6 is 0 Å². The fourth-order valence-electron chi connectivity index (χ4n) is 1.23. The summed E-state index contributed by atoms with van der Waals surface area (Å²) in [5.41, 5.74) is 6.23. The number of carbonyl (C=O) groups is 1. The van der Waals surface area contributed by atoms with Crippen molar-refractivity contribution in [3.8, 4) is 5.88 Å². The van der Waals surface area contributed by atoms with Crippen molar-refractivity contribution < 1.29 is 19.0 Å². The van der Waals surface area contributed by atoms with E-state index < -0.39 is 5.97 Å². The van der Waals surface area contributed by atoms with Crippen LogP contribution < -0.4 is 10.5 Å². The SMILES string of the molecule is CCCOCCOc1nc(C(=O)OC)ccc1N. The highest BCUT2D eigenvalue weighted by molar-refractivity contribution is 5.87. The van der Waals surface area contributed by atoms with Gasteiger partial charge in [0.05, 0.1) is 19.4 Å². The molecule has 1 aromatic heterocycles. The van der Waals surface area contributed by atoms with Gasteiger partial charge in [-0.2, -0.15) is 0 Å². The van der Waals surface area contributed by atoms with Crippen LogP contribution in [0.4, 0.5) is 5.69 Å². The average molecular weight is 254 g/mol. The van der Waals surface area contributed by atoms with E-state index in [-0.39, 0.29) is 11.6 Å². The van der Waals surface area contributed by atoms with Crippen LogP contribution in [0.3, 0.4) is 0 Å². The first-order valence-electron chi connectivity index (χ1n) is 5.74. The van der Waals surface area contributed by atoms with E-state index in [2.05, 4.69) is 9.72 Å². The fourth-order valence-corrected chi connectivity index (χ4v) is 1.23. The largest absolute Gasteiger partial charge is 0.474 e. The predicted octanol–water partition coefficient (Wildman–Crippen LogP) is 1.26. The molecule has 0 saturated heterocycles. The van der Waals surface area contributed by atoms with Crippen LogP contribution in [0.25, 0.3) is 0 Å². The monoisotopic (exact) mass is 254 g/mol. The summed E-state index contributed by atoms with van der Waals surface area (Å²) in [6, 6.07) is 3.04. The second kappa shape index (κ2) is 7.50. The number of nitrogen functional groups attached to an aromatic ring is 1. The van der Waals surface area contributed by atoms with Gasteiger partial charge in [-0.05, 0) is 18.6 Å². The molecule has 100 valence electrons. The Labute approximate surface area is 106 Å². The van der Waals surface area contributed by atoms with Gasteiger partial charge in [0.25, 0.3) is 0 Å². The van der Waals surface area contributed by atoms with Gasteiger partial charge in [0.1, 0.15) is 6.61 Å². The smallest absolute Gasteiger partial charge is 0.356 e. The molecule has 0 aromatic carbocycles. The molecule has 18 heavy (non-hydrogen) atoms. The molecule has 0 amide bonds. The van der Waals surface area contributed by atoms with E-state index in [1.807, 2.05) is 6.92 Å². The summed E-state index contributed by atoms with van der Waals surface area (Å²) in [6.07, 6.45) is 0.957. The number of rotatable bonds is 7. The number of carbonyl (C=O) groups excluding carboxylic acids is 1. The van der Waals surface area contributed by atoms with Crippen molar-refractivity contribution in [1.29, 1.82) is 0 Å². The lowest BCUT2D eigenvalue weighted by Gasteiger charge is -2.09. The molecule has 1 aromatic rings. The number of esters is 1. The molecule has 0 fully saturated rings. The fraction of sp³-hybridized carbons (Fsp3) is 0.500. The minimum Gasteiger partial charge on any atom is -0.474 e. The van der Waals surface area contributed by atoms with Crippen molar-refractivity contribution in [2.45, 2.75) is 13.3 Å². The highest BCUT2D eigenvalue weighted by Crippen LogP contribution is 2.18. The number of nitrogens with zero attached hydrogens (tertiary/aromatic N) is 1. The molecule has 6 heteroatoms. The van der Waals surface area contributed by atoms with Gasteiger partial charge in [-0.1, -0.05) is 6.92 Å². The van der Waals surface area contributed by atoms with Crippen LogP contribution in [-0.4, -0.2) is 37.9 Å². The summed E-state index contributed by atoms with van der Waals surface area (Å²) in [4.78, 5) is 15.3. The third-order valence-corrected chi connectivity index (χ3v) is 2.10. The van der Waals surface area contributed by atoms with Gasteiger partial charge >= 0.3 is 5.97 Å². The molecule has 0 spiro atoms. The highest BCUT2D eigenvalue weighted by Gasteiger charge is 2.11. The Hall–Kier alpha value is -1.82. The van der Waals surface area contributed by atoms with Crippen LogP contribution in [0.15, 0.2) is 12.1 Å². The third-order valence-electron chi connectivity index (χ3n) is 2.10. The second-order valence-corrected chi connectivity index (χ2v) is 3.54. The molecule has 0 bridgehead atoms. The zero-order chi connectivity index (χ0) is 13.4. The van der Waals surface area contributed by atoms with E-state index in [4.69, 9.17) is 15.2 Å². The molecule has 0 aliphatic carbocycles. The molecule has 6 nitrogen and oxygen atoms in total. The van der Waals surface area contributed by atoms with E-state index in [0.717, 1.165) is 6.42 Å². The number of nitrogens with two attached hydrogens (primary N) is 1. The number of aromatic nitrogens is 1. The van der Waals surface area contributed by atoms with E-state index in [9.17, 15) is 4.79 Å². The van der Waals surface area contributed by atoms with E-state index >= 15 is 0 Å². The third kappa shape index (κ3) is 4.21. The summed E-state index contributed by atoms with van der Waals surface area (Å²) < 4.78 is 15.2. The number of ether oxygens (including phenoxy) is 3. The molecule has 0 aliphatic heterocycles. The van der Waals surface area contributed by atoms with Gasteiger partial charge in [-0.3, -0.25) is 0 Å². The lowest BCUT2D eigenvalue weighted by atomic mass is 10.3. The minimum absolute atomic E-state index is 0.163. The van der Waals surface area contributed by atoms with Crippen LogP contribution in [0.2, 0.25) is 0 Å². The van der Waals surface area contributed by atoms with Gasteiger partial charge in [0.15, 0.2) is 5.69 Å². The Kier molecular flexibility index (Phi) is 5.93. The molecule has 1 heterocycles. The highest BCUT2D eigenvalue weighted by atomic mass is 16.5. The summed E-state index contributed by atoms with van der Waals surface area (Å²) >= 11 is 0. The van der Waals surface area contributed by atoms with Gasteiger partial charge in [-0.15, -0.1) is 0 Å². The molecule has 0 unspecified atom stereocenters. The first-order chi connectivity index (χ1) is 8.69. The molecular formula is C12H18N2O4. The normalized spacial score (nSPS) is 10.1. The Morgan fingerprint density at radius 2 is 2.11 bits per heavy atom. The van der Waals surface area contributed by atoms with Crippen molar-refractivity contribution in [2.24, 2.45) is 0 Å². The predicted molar refractivity (Wildman–Crippen MR) is 66.6 cm³/mol. The van der Waals surface area contributed by atoms with Crippen LogP contribution in [0, 0.1) is 0 Å². The average Bonchev–Trinajstić information content (AvgIpc) is 2.39. The molecular weight excluding hydrogens is 236 g/mol. The van der Waals surface area contributed by atoms with E-state index in [1.54, 1.807) is 6.07 Å². The summed E-state index contributed by atoms with van der Waals surface area (Å²) in [7, 11) is 1.29. The van der Waals surface area contributed by atoms with Crippen molar-refractivity contribution in [2.75, 3.05) is 32.7 Å². The maximum absolute atomic E-state index is 11.3. The van der Waals surface area contributed by atoms with Gasteiger partial charge < -0.3 is 19.9 Å². The first-order valence-corrected chi connectivity index (χ1v) is 5.74. The Morgan fingerprint density at radius 1 is 1.33 bits per heavy atom. The molecule has 2 N–H and O–H groups in total. The second-order valence-electron chi connectivity index (χ2n) is 3.54. The van der Waals surface area contributed by atoms with E-state index in [1.165, 1.54) is 13.2 Å². The zero-order valence-corrected chi connectivity index (χ0v) is 10.6. The zero-order valence-electron chi connectivity index (χ0n) is 10.6. The lowest BCUT2D eigenvalue weighted by Crippen LogP contribution is -2.11. The summed E-state index contributed by atoms with van der Waals surface area (Å²) in [5, 5.41) is 0. The lowest BCUT2D eigenvalue weighted by molar-refractivity contribution is 0.0592. The molecule has 0 radical (unpaired) electrons. The Bertz CT molecular complexity index is 396. The number of methoxy groups -OCH3 is 1. The van der Waals surface area contributed by atoms with Crippen molar-refractivity contribution in [3.63, 3.8) is 0 Å². The minimum atomic E-state index is -0.526. The summed E-state index contributed by atoms with van der Waals surface area (Å²) in [6.45, 7) is 3.51.